The number of aliphatic carboxylic acids is 1. The van der Waals surface area contributed by atoms with Gasteiger partial charge < -0.3 is 20.1 Å². The number of carboxylic acid groups (broad SMARTS) is 1. The average molecular weight is 393 g/mol. The molecule has 1 fully saturated rings. The molecule has 10 heteroatoms. The van der Waals surface area contributed by atoms with Gasteiger partial charge in [0.1, 0.15) is 11.9 Å². The van der Waals surface area contributed by atoms with Crippen LogP contribution in [0, 0.1) is 0 Å². The van der Waals surface area contributed by atoms with Gasteiger partial charge in [-0.2, -0.15) is 13.2 Å². The summed E-state index contributed by atoms with van der Waals surface area (Å²) in [5.74, 6) is -2.10. The average Bonchev–Trinajstić information content (AvgIpc) is 2.57. The molecule has 1 saturated heterocycles. The Morgan fingerprint density at radius 3 is 2.46 bits per heavy atom. The number of ether oxygens (including phenoxy) is 1. The molecule has 2 aromatic rings. The standard InChI is InChI=1S/C14H15ClN2O2.C2HF3O2/c15-12-8-11-9(1-6-17-14(11)18)7-13(12)19-10-2-4-16-5-3-10;3-2(4,5)1(6)7/h1,6-8,10,16H,2-5H2,(H,17,18);(H,6,7). The summed E-state index contributed by atoms with van der Waals surface area (Å²) in [5.41, 5.74) is -0.132. The summed E-state index contributed by atoms with van der Waals surface area (Å²) < 4.78 is 37.7. The van der Waals surface area contributed by atoms with Crippen molar-refractivity contribution in [2.24, 2.45) is 0 Å². The number of hydrogen-bond acceptors (Lipinski definition) is 4. The van der Waals surface area contributed by atoms with E-state index in [2.05, 4.69) is 10.3 Å². The fourth-order valence-electron chi connectivity index (χ4n) is 2.37. The van der Waals surface area contributed by atoms with Crippen molar-refractivity contribution in [3.63, 3.8) is 0 Å². The van der Waals surface area contributed by atoms with Crippen LogP contribution in [0.1, 0.15) is 12.8 Å². The first-order chi connectivity index (χ1) is 12.2. The van der Waals surface area contributed by atoms with E-state index in [0.717, 1.165) is 31.3 Å². The molecule has 0 radical (unpaired) electrons. The normalized spacial score (nSPS) is 15.2. The first-order valence-electron chi connectivity index (χ1n) is 7.67. The minimum atomic E-state index is -5.08. The van der Waals surface area contributed by atoms with E-state index in [4.69, 9.17) is 26.2 Å². The van der Waals surface area contributed by atoms with Crippen molar-refractivity contribution in [3.8, 4) is 5.75 Å². The summed E-state index contributed by atoms with van der Waals surface area (Å²) in [7, 11) is 0. The summed E-state index contributed by atoms with van der Waals surface area (Å²) in [5, 5.41) is 12.3. The van der Waals surface area contributed by atoms with Crippen molar-refractivity contribution in [2.45, 2.75) is 25.1 Å². The number of carbonyl (C=O) groups is 1. The highest BCUT2D eigenvalue weighted by molar-refractivity contribution is 6.32. The molecule has 0 saturated carbocycles. The number of alkyl halides is 3. The number of carboxylic acids is 1. The van der Waals surface area contributed by atoms with Crippen LogP contribution in [-0.4, -0.2) is 41.4 Å². The summed E-state index contributed by atoms with van der Waals surface area (Å²) in [6, 6.07) is 5.36. The third-order valence-electron chi connectivity index (χ3n) is 3.65. The Bertz CT molecular complexity index is 832. The van der Waals surface area contributed by atoms with E-state index in [-0.39, 0.29) is 11.7 Å². The molecule has 0 spiro atoms. The lowest BCUT2D eigenvalue weighted by Crippen LogP contribution is -2.34. The van der Waals surface area contributed by atoms with E-state index in [1.807, 2.05) is 12.1 Å². The lowest BCUT2D eigenvalue weighted by atomic mass is 10.1. The Kier molecular flexibility index (Phi) is 6.49. The Balaban J connectivity index is 0.000000298. The second kappa shape index (κ2) is 8.41. The van der Waals surface area contributed by atoms with Crippen LogP contribution in [0.2, 0.25) is 5.02 Å². The van der Waals surface area contributed by atoms with Crippen molar-refractivity contribution in [1.82, 2.24) is 10.3 Å². The zero-order valence-corrected chi connectivity index (χ0v) is 14.2. The topological polar surface area (TPSA) is 91.4 Å². The molecule has 3 rings (SSSR count). The number of pyridine rings is 1. The van der Waals surface area contributed by atoms with E-state index < -0.39 is 12.1 Å². The van der Waals surface area contributed by atoms with Crippen LogP contribution in [0.25, 0.3) is 10.8 Å². The maximum Gasteiger partial charge on any atom is 0.490 e. The van der Waals surface area contributed by atoms with Crippen LogP contribution in [0.4, 0.5) is 13.2 Å². The van der Waals surface area contributed by atoms with Crippen LogP contribution >= 0.6 is 11.6 Å². The maximum atomic E-state index is 11.7. The van der Waals surface area contributed by atoms with Gasteiger partial charge in [0.2, 0.25) is 0 Å². The van der Waals surface area contributed by atoms with Gasteiger partial charge in [-0.3, -0.25) is 4.79 Å². The van der Waals surface area contributed by atoms with Gasteiger partial charge in [0.15, 0.2) is 0 Å². The van der Waals surface area contributed by atoms with Gasteiger partial charge in [0.25, 0.3) is 5.56 Å². The van der Waals surface area contributed by atoms with Gasteiger partial charge in [-0.15, -0.1) is 0 Å². The molecule has 3 N–H and O–H groups in total. The van der Waals surface area contributed by atoms with Gasteiger partial charge in [0, 0.05) is 11.6 Å². The highest BCUT2D eigenvalue weighted by Gasteiger charge is 2.38. The predicted molar refractivity (Wildman–Crippen MR) is 89.8 cm³/mol. The fourth-order valence-corrected chi connectivity index (χ4v) is 2.58. The van der Waals surface area contributed by atoms with E-state index in [0.29, 0.717) is 16.2 Å². The zero-order valence-electron chi connectivity index (χ0n) is 13.4. The Morgan fingerprint density at radius 1 is 1.27 bits per heavy atom. The number of benzene rings is 1. The third kappa shape index (κ3) is 5.37. The molecule has 1 aliphatic rings. The Morgan fingerprint density at radius 2 is 1.88 bits per heavy atom. The minimum absolute atomic E-state index is 0.132. The highest BCUT2D eigenvalue weighted by Crippen LogP contribution is 2.30. The Labute approximate surface area is 150 Å². The molecule has 0 bridgehead atoms. The third-order valence-corrected chi connectivity index (χ3v) is 3.94. The first-order valence-corrected chi connectivity index (χ1v) is 8.04. The van der Waals surface area contributed by atoms with Crippen LogP contribution in [0.5, 0.6) is 5.75 Å². The van der Waals surface area contributed by atoms with Crippen molar-refractivity contribution < 1.29 is 27.8 Å². The quantitative estimate of drug-likeness (QED) is 0.731. The monoisotopic (exact) mass is 392 g/mol. The molecular formula is C16H16ClF3N2O4. The van der Waals surface area contributed by atoms with E-state index >= 15 is 0 Å². The Hall–Kier alpha value is -2.26. The molecule has 0 aliphatic carbocycles. The van der Waals surface area contributed by atoms with E-state index in [1.54, 1.807) is 12.3 Å². The van der Waals surface area contributed by atoms with Gasteiger partial charge in [-0.25, -0.2) is 4.79 Å². The predicted octanol–water partition coefficient (Wildman–Crippen LogP) is 2.95. The fraction of sp³-hybridized carbons (Fsp3) is 0.375. The number of piperidine rings is 1. The summed E-state index contributed by atoms with van der Waals surface area (Å²) >= 11 is 6.20. The largest absolute Gasteiger partial charge is 0.490 e. The number of rotatable bonds is 2. The molecule has 0 atom stereocenters. The number of nitrogens with one attached hydrogen (secondary N) is 2. The highest BCUT2D eigenvalue weighted by atomic mass is 35.5. The second-order valence-electron chi connectivity index (χ2n) is 5.55. The molecule has 0 unspecified atom stereocenters. The molecule has 1 aromatic heterocycles. The minimum Gasteiger partial charge on any atom is -0.489 e. The lowest BCUT2D eigenvalue weighted by Gasteiger charge is -2.24. The molecular weight excluding hydrogens is 377 g/mol. The lowest BCUT2D eigenvalue weighted by molar-refractivity contribution is -0.192. The molecule has 142 valence electrons. The number of halogens is 4. The van der Waals surface area contributed by atoms with Crippen molar-refractivity contribution in [1.29, 1.82) is 0 Å². The van der Waals surface area contributed by atoms with Gasteiger partial charge in [-0.05, 0) is 49.5 Å². The SMILES string of the molecule is O=C(O)C(F)(F)F.O=c1[nH]ccc2cc(OC3CCNCC3)c(Cl)cc12. The van der Waals surface area contributed by atoms with Crippen LogP contribution in [0.3, 0.4) is 0 Å². The van der Waals surface area contributed by atoms with Crippen LogP contribution in [0.15, 0.2) is 29.2 Å². The summed E-state index contributed by atoms with van der Waals surface area (Å²) in [4.78, 5) is 23.2. The van der Waals surface area contributed by atoms with Crippen molar-refractivity contribution in [3.05, 3.63) is 39.8 Å². The van der Waals surface area contributed by atoms with E-state index in [1.165, 1.54) is 0 Å². The van der Waals surface area contributed by atoms with Gasteiger partial charge in [-0.1, -0.05) is 11.6 Å². The van der Waals surface area contributed by atoms with Crippen molar-refractivity contribution >= 4 is 28.3 Å². The number of fused-ring (bicyclic) bond motifs is 1. The molecule has 1 aliphatic heterocycles. The first kappa shape index (κ1) is 20.1. The maximum absolute atomic E-state index is 11.7. The number of aromatic nitrogens is 1. The van der Waals surface area contributed by atoms with Gasteiger partial charge in [0.05, 0.1) is 5.02 Å². The molecule has 2 heterocycles. The van der Waals surface area contributed by atoms with Crippen LogP contribution < -0.4 is 15.6 Å². The van der Waals surface area contributed by atoms with Crippen molar-refractivity contribution in [2.75, 3.05) is 13.1 Å². The zero-order chi connectivity index (χ0) is 19.3. The molecule has 26 heavy (non-hydrogen) atoms. The summed E-state index contributed by atoms with van der Waals surface area (Å²) in [6.45, 7) is 1.94. The number of H-pyrrole nitrogens is 1. The van der Waals surface area contributed by atoms with Crippen LogP contribution in [-0.2, 0) is 4.79 Å². The molecule has 0 amide bonds. The smallest absolute Gasteiger partial charge is 0.489 e. The van der Waals surface area contributed by atoms with Gasteiger partial charge >= 0.3 is 12.1 Å². The van der Waals surface area contributed by atoms with E-state index in [9.17, 15) is 18.0 Å². The molecule has 6 nitrogen and oxygen atoms in total. The number of hydrogen-bond donors (Lipinski definition) is 3. The molecule has 1 aromatic carbocycles. The summed E-state index contributed by atoms with van der Waals surface area (Å²) in [6.07, 6.45) is -1.31. The second-order valence-corrected chi connectivity index (χ2v) is 5.95. The number of aromatic amines is 1.